The summed E-state index contributed by atoms with van der Waals surface area (Å²) in [6.07, 6.45) is 4.59. The number of likely N-dealkylation sites (N-methyl/N-ethyl adjacent to an activating group) is 1. The van der Waals surface area contributed by atoms with Gasteiger partial charge in [-0.2, -0.15) is 0 Å². The molecule has 5 atom stereocenters. The van der Waals surface area contributed by atoms with Crippen LogP contribution in [0, 0.1) is 5.92 Å². The third-order valence-corrected chi connectivity index (χ3v) is 8.55. The molecule has 0 radical (unpaired) electrons. The summed E-state index contributed by atoms with van der Waals surface area (Å²) >= 11 is 0. The molecular weight excluding hydrogens is 342 g/mol. The fourth-order valence-electron chi connectivity index (χ4n) is 7.13. The fraction of sp³-hybridized carbons (Fsp3) is 0.682. The van der Waals surface area contributed by atoms with E-state index in [4.69, 9.17) is 4.74 Å². The van der Waals surface area contributed by atoms with Crippen molar-refractivity contribution in [1.82, 2.24) is 0 Å². The van der Waals surface area contributed by atoms with Gasteiger partial charge in [-0.15, -0.1) is 0 Å². The van der Waals surface area contributed by atoms with Crippen molar-refractivity contribution in [3.05, 3.63) is 28.8 Å². The van der Waals surface area contributed by atoms with Crippen molar-refractivity contribution in [2.24, 2.45) is 5.92 Å². The molecule has 2 N–H and O–H groups in total. The highest BCUT2D eigenvalue weighted by Gasteiger charge is 2.76. The second-order valence-corrected chi connectivity index (χ2v) is 9.90. The Hall–Kier alpha value is -1.43. The number of piperidine rings is 1. The first kappa shape index (κ1) is 16.5. The van der Waals surface area contributed by atoms with E-state index in [1.807, 2.05) is 6.07 Å². The molecule has 1 spiro atoms. The first-order valence-electron chi connectivity index (χ1n) is 10.4. The summed E-state index contributed by atoms with van der Waals surface area (Å²) in [6.45, 7) is 2.02. The highest BCUT2D eigenvalue weighted by molar-refractivity contribution is 5.89. The van der Waals surface area contributed by atoms with Crippen molar-refractivity contribution in [1.29, 1.82) is 0 Å². The lowest BCUT2D eigenvalue weighted by Gasteiger charge is -2.64. The molecule has 2 bridgehead atoms. The largest absolute Gasteiger partial charge is 0.481 e. The van der Waals surface area contributed by atoms with Crippen LogP contribution in [-0.2, 0) is 23.2 Å². The number of Topliss-reactive ketones (excluding diaryl/α,β-unsaturated/α-hetero) is 1. The van der Waals surface area contributed by atoms with Gasteiger partial charge in [-0.05, 0) is 24.8 Å². The summed E-state index contributed by atoms with van der Waals surface area (Å²) < 4.78 is 7.18. The molecule has 1 aromatic rings. The van der Waals surface area contributed by atoms with Crippen LogP contribution in [0.1, 0.15) is 48.8 Å². The van der Waals surface area contributed by atoms with Gasteiger partial charge in [0, 0.05) is 36.3 Å². The maximum Gasteiger partial charge on any atom is 0.174 e. The number of quaternary nitrogens is 1. The zero-order chi connectivity index (χ0) is 18.6. The summed E-state index contributed by atoms with van der Waals surface area (Å²) in [4.78, 5) is 12.9. The van der Waals surface area contributed by atoms with Crippen molar-refractivity contribution in [3.8, 4) is 5.75 Å². The van der Waals surface area contributed by atoms with E-state index < -0.39 is 17.1 Å². The molecule has 1 unspecified atom stereocenters. The quantitative estimate of drug-likeness (QED) is 0.791. The number of ketones is 1. The molecule has 144 valence electrons. The summed E-state index contributed by atoms with van der Waals surface area (Å²) in [6, 6.07) is 4.17. The number of aliphatic hydroxyl groups is 2. The van der Waals surface area contributed by atoms with E-state index in [1.165, 1.54) is 18.4 Å². The molecular formula is C22H28NO4+. The van der Waals surface area contributed by atoms with E-state index in [1.54, 1.807) is 0 Å². The molecule has 0 aromatic heterocycles. The van der Waals surface area contributed by atoms with Gasteiger partial charge in [0.25, 0.3) is 0 Å². The van der Waals surface area contributed by atoms with E-state index in [2.05, 4.69) is 13.1 Å². The molecule has 2 heterocycles. The minimum absolute atomic E-state index is 0.100. The number of rotatable bonds is 3. The third-order valence-electron chi connectivity index (χ3n) is 8.55. The third kappa shape index (κ3) is 1.79. The topological polar surface area (TPSA) is 66.8 Å². The standard InChI is InChI=1S/C22H28NO4/c1-23(11-13-2-3-13)9-8-21-18-14-4-5-15(12-24)19(18)27-20(21)16(25)6-7-22(21,26)17(23)10-14/h4-5,13,17,20,24,26H,2-3,6-12H2,1H3/q+1/t17?,20-,21-,22+,23+/m1/s1. The van der Waals surface area contributed by atoms with Crippen LogP contribution in [0.25, 0.3) is 0 Å². The van der Waals surface area contributed by atoms with Gasteiger partial charge in [0.1, 0.15) is 17.4 Å². The molecule has 5 nitrogen and oxygen atoms in total. The smallest absolute Gasteiger partial charge is 0.174 e. The van der Waals surface area contributed by atoms with Crippen molar-refractivity contribution >= 4 is 5.78 Å². The highest BCUT2D eigenvalue weighted by Crippen LogP contribution is 2.65. The van der Waals surface area contributed by atoms with Gasteiger partial charge < -0.3 is 19.4 Å². The monoisotopic (exact) mass is 370 g/mol. The SMILES string of the molecule is C[N@@+]1(CC2CC2)CC[C@@]23c4c5ccc(CO)c4O[C@@H]2C(=O)CC[C@]3(O)C1C5. The molecule has 2 saturated carbocycles. The molecule has 3 aliphatic carbocycles. The Labute approximate surface area is 159 Å². The summed E-state index contributed by atoms with van der Waals surface area (Å²) in [5, 5.41) is 22.1. The maximum absolute atomic E-state index is 12.9. The fourth-order valence-corrected chi connectivity index (χ4v) is 7.13. The Morgan fingerprint density at radius 1 is 1.30 bits per heavy atom. The van der Waals surface area contributed by atoms with E-state index in [-0.39, 0.29) is 18.4 Å². The molecule has 2 aliphatic heterocycles. The van der Waals surface area contributed by atoms with Gasteiger partial charge in [0.15, 0.2) is 11.9 Å². The number of nitrogens with zero attached hydrogens (tertiary/aromatic N) is 1. The van der Waals surface area contributed by atoms with E-state index in [9.17, 15) is 15.0 Å². The van der Waals surface area contributed by atoms with E-state index >= 15 is 0 Å². The zero-order valence-corrected chi connectivity index (χ0v) is 15.9. The lowest BCUT2D eigenvalue weighted by atomic mass is 9.48. The van der Waals surface area contributed by atoms with Crippen LogP contribution in [0.15, 0.2) is 12.1 Å². The molecule has 6 rings (SSSR count). The van der Waals surface area contributed by atoms with Crippen molar-refractivity contribution < 1.29 is 24.2 Å². The van der Waals surface area contributed by atoms with Crippen LogP contribution >= 0.6 is 0 Å². The van der Waals surface area contributed by atoms with Crippen LogP contribution in [0.2, 0.25) is 0 Å². The van der Waals surface area contributed by atoms with Crippen LogP contribution in [-0.4, -0.2) is 58.4 Å². The van der Waals surface area contributed by atoms with Crippen LogP contribution in [0.5, 0.6) is 5.75 Å². The lowest BCUT2D eigenvalue weighted by molar-refractivity contribution is -0.950. The molecule has 1 saturated heterocycles. The maximum atomic E-state index is 12.9. The van der Waals surface area contributed by atoms with E-state index in [0.29, 0.717) is 18.6 Å². The van der Waals surface area contributed by atoms with Gasteiger partial charge in [-0.3, -0.25) is 4.79 Å². The zero-order valence-electron chi connectivity index (χ0n) is 15.9. The molecule has 5 aliphatic rings. The summed E-state index contributed by atoms with van der Waals surface area (Å²) in [7, 11) is 2.32. The number of carbonyl (C=O) groups excluding carboxylic acids is 1. The predicted octanol–water partition coefficient (Wildman–Crippen LogP) is 1.46. The summed E-state index contributed by atoms with van der Waals surface area (Å²) in [5.74, 6) is 1.59. The molecule has 3 fully saturated rings. The van der Waals surface area contributed by atoms with Crippen molar-refractivity contribution in [2.45, 2.75) is 68.3 Å². The second kappa shape index (κ2) is 4.94. The number of hydrogen-bond donors (Lipinski definition) is 2. The normalized spacial score (nSPS) is 44.0. The van der Waals surface area contributed by atoms with Crippen LogP contribution in [0.3, 0.4) is 0 Å². The Bertz CT molecular complexity index is 864. The Morgan fingerprint density at radius 3 is 2.85 bits per heavy atom. The van der Waals surface area contributed by atoms with Gasteiger partial charge in [0.2, 0.25) is 0 Å². The minimum Gasteiger partial charge on any atom is -0.481 e. The lowest BCUT2D eigenvalue weighted by Crippen LogP contribution is -2.80. The minimum atomic E-state index is -0.903. The number of hydrogen-bond acceptors (Lipinski definition) is 4. The number of carbonyl (C=O) groups is 1. The number of ether oxygens (including phenoxy) is 1. The molecule has 0 amide bonds. The Kier molecular flexibility index (Phi) is 3.02. The van der Waals surface area contributed by atoms with Crippen molar-refractivity contribution in [2.75, 3.05) is 20.1 Å². The van der Waals surface area contributed by atoms with Gasteiger partial charge in [-0.25, -0.2) is 0 Å². The first-order chi connectivity index (χ1) is 12.9. The van der Waals surface area contributed by atoms with Gasteiger partial charge in [0.05, 0.1) is 32.2 Å². The summed E-state index contributed by atoms with van der Waals surface area (Å²) in [5.41, 5.74) is 1.48. The van der Waals surface area contributed by atoms with Crippen LogP contribution in [0.4, 0.5) is 0 Å². The average Bonchev–Trinajstić information content (AvgIpc) is 3.37. The molecule has 5 heteroatoms. The Balaban J connectivity index is 1.59. The van der Waals surface area contributed by atoms with E-state index in [0.717, 1.165) is 47.5 Å². The van der Waals surface area contributed by atoms with Gasteiger partial charge >= 0.3 is 0 Å². The predicted molar refractivity (Wildman–Crippen MR) is 98.4 cm³/mol. The number of likely N-dealkylation sites (tertiary alicyclic amines) is 1. The van der Waals surface area contributed by atoms with Crippen LogP contribution < -0.4 is 4.74 Å². The average molecular weight is 370 g/mol. The van der Waals surface area contributed by atoms with Crippen molar-refractivity contribution in [3.63, 3.8) is 0 Å². The van der Waals surface area contributed by atoms with Gasteiger partial charge in [-0.1, -0.05) is 12.1 Å². The first-order valence-corrected chi connectivity index (χ1v) is 10.4. The number of benzene rings is 1. The number of aliphatic hydroxyl groups excluding tert-OH is 1. The molecule has 27 heavy (non-hydrogen) atoms. The highest BCUT2D eigenvalue weighted by atomic mass is 16.5. The second-order valence-electron chi connectivity index (χ2n) is 9.90. The Morgan fingerprint density at radius 2 is 2.11 bits per heavy atom. The molecule has 1 aromatic carbocycles.